The van der Waals surface area contributed by atoms with Gasteiger partial charge in [-0.05, 0) is 68.8 Å². The van der Waals surface area contributed by atoms with Gasteiger partial charge in [-0.25, -0.2) is 14.1 Å². The Morgan fingerprint density at radius 1 is 1.06 bits per heavy atom. The molecule has 0 spiro atoms. The van der Waals surface area contributed by atoms with Crippen LogP contribution in [0.1, 0.15) is 54.3 Å². The molecule has 3 rings (SSSR count). The number of halogens is 1. The third-order valence-corrected chi connectivity index (χ3v) is 5.49. The number of anilines is 1. The molecule has 0 N–H and O–H groups in total. The predicted molar refractivity (Wildman–Crippen MR) is 116 cm³/mol. The van der Waals surface area contributed by atoms with E-state index in [1.54, 1.807) is 13.8 Å². The molecule has 1 heterocycles. The van der Waals surface area contributed by atoms with Crippen molar-refractivity contribution in [3.8, 4) is 0 Å². The molecule has 2 unspecified atom stereocenters. The Labute approximate surface area is 185 Å². The average Bonchev–Trinajstić information content (AvgIpc) is 3.08. The molecule has 1 aliphatic heterocycles. The van der Waals surface area contributed by atoms with Crippen molar-refractivity contribution >= 4 is 29.4 Å². The van der Waals surface area contributed by atoms with Gasteiger partial charge in [0, 0.05) is 11.6 Å². The van der Waals surface area contributed by atoms with E-state index in [2.05, 4.69) is 0 Å². The van der Waals surface area contributed by atoms with E-state index in [1.807, 2.05) is 6.92 Å². The van der Waals surface area contributed by atoms with E-state index in [0.717, 1.165) is 4.90 Å². The van der Waals surface area contributed by atoms with Crippen molar-refractivity contribution in [1.82, 2.24) is 4.90 Å². The molecule has 1 aliphatic rings. The number of rotatable bonds is 7. The van der Waals surface area contributed by atoms with Crippen LogP contribution in [0.25, 0.3) is 0 Å². The fourth-order valence-electron chi connectivity index (χ4n) is 3.65. The lowest BCUT2D eigenvalue weighted by Crippen LogP contribution is -2.49. The Hall–Kier alpha value is -3.55. The predicted octanol–water partition coefficient (Wildman–Crippen LogP) is 3.58. The molecule has 168 valence electrons. The average molecular weight is 440 g/mol. The van der Waals surface area contributed by atoms with E-state index in [4.69, 9.17) is 4.74 Å². The number of carbonyl (C=O) groups is 4. The summed E-state index contributed by atoms with van der Waals surface area (Å²) in [5.74, 6) is -2.37. The molecule has 0 radical (unpaired) electrons. The number of carbonyl (C=O) groups excluding carboxylic acids is 4. The minimum Gasteiger partial charge on any atom is -0.462 e. The molecule has 7 nitrogen and oxygen atoms in total. The Morgan fingerprint density at radius 3 is 2.22 bits per heavy atom. The lowest BCUT2D eigenvalue weighted by atomic mass is 10.1. The standard InChI is InChI=1S/C24H25FN2O5/c1-4-15(3)26(22(29)16-6-10-18(25)11-7-16)20-14-21(28)27(23(20)30)19-12-8-17(9-13-19)24(31)32-5-2/h6-13,15,20H,4-5,14H2,1-3H3. The minimum atomic E-state index is -0.972. The van der Waals surface area contributed by atoms with Gasteiger partial charge < -0.3 is 9.64 Å². The van der Waals surface area contributed by atoms with E-state index in [0.29, 0.717) is 17.7 Å². The number of esters is 1. The Balaban J connectivity index is 1.88. The Kier molecular flexibility index (Phi) is 7.02. The van der Waals surface area contributed by atoms with Gasteiger partial charge in [-0.1, -0.05) is 6.92 Å². The largest absolute Gasteiger partial charge is 0.462 e. The van der Waals surface area contributed by atoms with Crippen molar-refractivity contribution in [3.05, 3.63) is 65.5 Å². The molecule has 0 bridgehead atoms. The molecule has 1 saturated heterocycles. The fourth-order valence-corrected chi connectivity index (χ4v) is 3.65. The van der Waals surface area contributed by atoms with Gasteiger partial charge in [-0.2, -0.15) is 0 Å². The van der Waals surface area contributed by atoms with Gasteiger partial charge in [0.15, 0.2) is 0 Å². The fraction of sp³-hybridized carbons (Fsp3) is 0.333. The molecule has 32 heavy (non-hydrogen) atoms. The van der Waals surface area contributed by atoms with Crippen LogP contribution in [-0.2, 0) is 14.3 Å². The number of amides is 3. The van der Waals surface area contributed by atoms with Crippen molar-refractivity contribution in [2.24, 2.45) is 0 Å². The Morgan fingerprint density at radius 2 is 1.66 bits per heavy atom. The van der Waals surface area contributed by atoms with Gasteiger partial charge in [-0.15, -0.1) is 0 Å². The second kappa shape index (κ2) is 9.72. The molecular weight excluding hydrogens is 415 g/mol. The summed E-state index contributed by atoms with van der Waals surface area (Å²) in [6.07, 6.45) is 0.412. The van der Waals surface area contributed by atoms with E-state index in [9.17, 15) is 23.6 Å². The maximum absolute atomic E-state index is 13.3. The highest BCUT2D eigenvalue weighted by Crippen LogP contribution is 2.29. The van der Waals surface area contributed by atoms with Crippen molar-refractivity contribution in [3.63, 3.8) is 0 Å². The van der Waals surface area contributed by atoms with Crippen molar-refractivity contribution in [2.45, 2.75) is 45.7 Å². The zero-order valence-electron chi connectivity index (χ0n) is 18.2. The van der Waals surface area contributed by atoms with Gasteiger partial charge in [0.25, 0.3) is 11.8 Å². The summed E-state index contributed by atoms with van der Waals surface area (Å²) >= 11 is 0. The summed E-state index contributed by atoms with van der Waals surface area (Å²) in [7, 11) is 0. The van der Waals surface area contributed by atoms with Gasteiger partial charge in [0.1, 0.15) is 11.9 Å². The van der Waals surface area contributed by atoms with Crippen molar-refractivity contribution in [1.29, 1.82) is 0 Å². The van der Waals surface area contributed by atoms with Crippen LogP contribution in [0.3, 0.4) is 0 Å². The number of benzene rings is 2. The molecule has 2 aromatic carbocycles. The van der Waals surface area contributed by atoms with Crippen molar-refractivity contribution < 1.29 is 28.3 Å². The second-order valence-corrected chi connectivity index (χ2v) is 7.53. The van der Waals surface area contributed by atoms with Gasteiger partial charge >= 0.3 is 5.97 Å². The molecule has 0 aliphatic carbocycles. The maximum Gasteiger partial charge on any atom is 0.338 e. The third-order valence-electron chi connectivity index (χ3n) is 5.49. The van der Waals surface area contributed by atoms with Gasteiger partial charge in [0.2, 0.25) is 5.91 Å². The Bertz CT molecular complexity index is 1020. The lowest BCUT2D eigenvalue weighted by molar-refractivity contribution is -0.122. The van der Waals surface area contributed by atoms with Crippen LogP contribution in [0.5, 0.6) is 0 Å². The van der Waals surface area contributed by atoms with Crippen molar-refractivity contribution in [2.75, 3.05) is 11.5 Å². The molecule has 2 aromatic rings. The number of nitrogens with zero attached hydrogens (tertiary/aromatic N) is 2. The summed E-state index contributed by atoms with van der Waals surface area (Å²) < 4.78 is 18.2. The topological polar surface area (TPSA) is 84.0 Å². The molecule has 3 amide bonds. The summed E-state index contributed by atoms with van der Waals surface area (Å²) in [6.45, 7) is 5.61. The summed E-state index contributed by atoms with van der Waals surface area (Å²) in [5.41, 5.74) is 0.858. The van der Waals surface area contributed by atoms with Crippen LogP contribution >= 0.6 is 0 Å². The highest BCUT2D eigenvalue weighted by molar-refractivity contribution is 6.23. The number of ether oxygens (including phenoxy) is 1. The summed E-state index contributed by atoms with van der Waals surface area (Å²) in [6, 6.07) is 9.76. The highest BCUT2D eigenvalue weighted by Gasteiger charge is 2.45. The first kappa shape index (κ1) is 23.1. The van der Waals surface area contributed by atoms with E-state index in [1.165, 1.54) is 53.4 Å². The van der Waals surface area contributed by atoms with Crippen LogP contribution in [-0.4, -0.2) is 47.3 Å². The number of hydrogen-bond donors (Lipinski definition) is 0. The molecule has 0 saturated carbocycles. The first-order valence-corrected chi connectivity index (χ1v) is 10.5. The SMILES string of the molecule is CCOC(=O)c1ccc(N2C(=O)CC(N(C(=O)c3ccc(F)cc3)C(C)CC)C2=O)cc1. The first-order chi connectivity index (χ1) is 15.3. The first-order valence-electron chi connectivity index (χ1n) is 10.5. The molecule has 8 heteroatoms. The second-order valence-electron chi connectivity index (χ2n) is 7.53. The van der Waals surface area contributed by atoms with E-state index in [-0.39, 0.29) is 24.6 Å². The third kappa shape index (κ3) is 4.54. The van der Waals surface area contributed by atoms with Crippen LogP contribution in [0.4, 0.5) is 10.1 Å². The van der Waals surface area contributed by atoms with E-state index < -0.39 is 35.5 Å². The van der Waals surface area contributed by atoms with Crippen LogP contribution in [0, 0.1) is 5.82 Å². The molecule has 2 atom stereocenters. The highest BCUT2D eigenvalue weighted by atomic mass is 19.1. The zero-order chi connectivity index (χ0) is 23.4. The van der Waals surface area contributed by atoms with Crippen LogP contribution in [0.2, 0.25) is 0 Å². The lowest BCUT2D eigenvalue weighted by Gasteiger charge is -2.33. The van der Waals surface area contributed by atoms with Crippen LogP contribution in [0.15, 0.2) is 48.5 Å². The molecule has 0 aromatic heterocycles. The van der Waals surface area contributed by atoms with E-state index >= 15 is 0 Å². The van der Waals surface area contributed by atoms with Crippen LogP contribution < -0.4 is 4.90 Å². The minimum absolute atomic E-state index is 0.157. The number of hydrogen-bond acceptors (Lipinski definition) is 5. The zero-order valence-corrected chi connectivity index (χ0v) is 18.2. The van der Waals surface area contributed by atoms with Gasteiger partial charge in [-0.3, -0.25) is 14.4 Å². The molecular formula is C24H25FN2O5. The number of imide groups is 1. The molecule has 1 fully saturated rings. The monoisotopic (exact) mass is 440 g/mol. The maximum atomic E-state index is 13.3. The smallest absolute Gasteiger partial charge is 0.338 e. The summed E-state index contributed by atoms with van der Waals surface area (Å²) in [4.78, 5) is 53.5. The normalized spacial score (nSPS) is 16.8. The quantitative estimate of drug-likeness (QED) is 0.485. The summed E-state index contributed by atoms with van der Waals surface area (Å²) in [5, 5.41) is 0. The van der Waals surface area contributed by atoms with Gasteiger partial charge in [0.05, 0.1) is 24.3 Å².